The van der Waals surface area contributed by atoms with E-state index < -0.39 is 17.9 Å². The number of carbonyl (C=O) groups is 2. The van der Waals surface area contributed by atoms with Crippen LogP contribution in [-0.2, 0) is 16.0 Å². The van der Waals surface area contributed by atoms with Gasteiger partial charge in [0.05, 0.1) is 12.1 Å². The second-order valence-electron chi connectivity index (χ2n) is 4.61. The Morgan fingerprint density at radius 2 is 2.05 bits per heavy atom. The maximum Gasteiger partial charge on any atom is 0.328 e. The highest BCUT2D eigenvalue weighted by Gasteiger charge is 2.23. The third kappa shape index (κ3) is 4.08. The van der Waals surface area contributed by atoms with Crippen LogP contribution in [0.2, 0.25) is 5.02 Å². The minimum atomic E-state index is -0.884. The minimum Gasteiger partial charge on any atom is -0.467 e. The van der Waals surface area contributed by atoms with Crippen molar-refractivity contribution in [2.24, 2.45) is 0 Å². The first-order valence-corrected chi connectivity index (χ1v) is 6.84. The lowest BCUT2D eigenvalue weighted by Crippen LogP contribution is -2.43. The Kier molecular flexibility index (Phi) is 5.16. The number of ether oxygens (including phenoxy) is 1. The number of methoxy groups -OCH3 is 1. The zero-order chi connectivity index (χ0) is 16.1. The van der Waals surface area contributed by atoms with Gasteiger partial charge in [-0.2, -0.15) is 0 Å². The molecule has 0 saturated carbocycles. The number of hydrogen-bond acceptors (Lipinski definition) is 3. The van der Waals surface area contributed by atoms with E-state index in [1.165, 1.54) is 31.5 Å². The first kappa shape index (κ1) is 16.0. The number of H-pyrrole nitrogens is 1. The van der Waals surface area contributed by atoms with Crippen molar-refractivity contribution in [1.82, 2.24) is 10.3 Å². The molecule has 0 bridgehead atoms. The fourth-order valence-electron chi connectivity index (χ4n) is 1.93. The fourth-order valence-corrected chi connectivity index (χ4v) is 2.09. The van der Waals surface area contributed by atoms with Crippen molar-refractivity contribution in [3.05, 3.63) is 58.6 Å². The average molecular weight is 325 g/mol. The van der Waals surface area contributed by atoms with E-state index >= 15 is 0 Å². The van der Waals surface area contributed by atoms with Crippen LogP contribution in [0.15, 0.2) is 36.5 Å². The summed E-state index contributed by atoms with van der Waals surface area (Å²) in [5.41, 5.74) is 0.930. The van der Waals surface area contributed by atoms with Crippen molar-refractivity contribution in [3.63, 3.8) is 0 Å². The van der Waals surface area contributed by atoms with E-state index in [9.17, 15) is 14.0 Å². The van der Waals surface area contributed by atoms with Gasteiger partial charge in [-0.15, -0.1) is 0 Å². The quantitative estimate of drug-likeness (QED) is 0.829. The lowest BCUT2D eigenvalue weighted by atomic mass is 10.1. The van der Waals surface area contributed by atoms with Crippen molar-refractivity contribution in [1.29, 1.82) is 0 Å². The van der Waals surface area contributed by atoms with Crippen LogP contribution in [0.25, 0.3) is 0 Å². The van der Waals surface area contributed by atoms with Crippen molar-refractivity contribution in [3.8, 4) is 0 Å². The Balaban J connectivity index is 2.10. The second kappa shape index (κ2) is 7.09. The highest BCUT2D eigenvalue weighted by atomic mass is 35.5. The molecular weight excluding hydrogens is 311 g/mol. The van der Waals surface area contributed by atoms with Gasteiger partial charge in [-0.1, -0.05) is 23.7 Å². The molecule has 0 aliphatic heterocycles. The van der Waals surface area contributed by atoms with E-state index in [1.807, 2.05) is 0 Å². The lowest BCUT2D eigenvalue weighted by molar-refractivity contribution is -0.142. The minimum absolute atomic E-state index is 0.188. The van der Waals surface area contributed by atoms with Crippen molar-refractivity contribution in [2.45, 2.75) is 12.5 Å². The summed E-state index contributed by atoms with van der Waals surface area (Å²) < 4.78 is 17.6. The summed E-state index contributed by atoms with van der Waals surface area (Å²) >= 11 is 5.74. The van der Waals surface area contributed by atoms with Crippen LogP contribution in [0.5, 0.6) is 0 Å². The molecule has 7 heteroatoms. The number of rotatable bonds is 5. The lowest BCUT2D eigenvalue weighted by Gasteiger charge is -2.16. The van der Waals surface area contributed by atoms with Gasteiger partial charge in [0.1, 0.15) is 17.6 Å². The topological polar surface area (TPSA) is 71.2 Å². The third-order valence-electron chi connectivity index (χ3n) is 3.04. The van der Waals surface area contributed by atoms with Crippen molar-refractivity contribution >= 4 is 23.5 Å². The van der Waals surface area contributed by atoms with Crippen LogP contribution >= 0.6 is 11.6 Å². The number of aromatic amines is 1. The molecule has 2 rings (SSSR count). The molecule has 2 N–H and O–H groups in total. The van der Waals surface area contributed by atoms with Crippen LogP contribution in [-0.4, -0.2) is 30.0 Å². The summed E-state index contributed by atoms with van der Waals surface area (Å²) in [6.45, 7) is 0. The largest absolute Gasteiger partial charge is 0.467 e. The van der Waals surface area contributed by atoms with E-state index in [4.69, 9.17) is 11.6 Å². The summed E-state index contributed by atoms with van der Waals surface area (Å²) in [4.78, 5) is 26.6. The van der Waals surface area contributed by atoms with E-state index in [0.717, 1.165) is 0 Å². The Bertz CT molecular complexity index is 670. The molecule has 0 aliphatic rings. The maximum absolute atomic E-state index is 12.9. The first-order chi connectivity index (χ1) is 10.5. The second-order valence-corrected chi connectivity index (χ2v) is 5.05. The van der Waals surface area contributed by atoms with E-state index in [-0.39, 0.29) is 17.9 Å². The highest BCUT2D eigenvalue weighted by molar-refractivity contribution is 6.31. The molecule has 0 radical (unpaired) electrons. The van der Waals surface area contributed by atoms with E-state index in [2.05, 4.69) is 15.0 Å². The summed E-state index contributed by atoms with van der Waals surface area (Å²) in [5.74, 6) is -1.44. The molecule has 1 aromatic heterocycles. The van der Waals surface area contributed by atoms with Gasteiger partial charge in [0, 0.05) is 12.6 Å². The van der Waals surface area contributed by atoms with E-state index in [0.29, 0.717) is 10.6 Å². The van der Waals surface area contributed by atoms with Gasteiger partial charge < -0.3 is 15.0 Å². The molecule has 22 heavy (non-hydrogen) atoms. The summed E-state index contributed by atoms with van der Waals surface area (Å²) in [6.07, 6.45) is 1.65. The monoisotopic (exact) mass is 324 g/mol. The summed E-state index contributed by atoms with van der Waals surface area (Å²) in [5, 5.41) is 2.95. The molecule has 2 aromatic rings. The van der Waals surface area contributed by atoms with Gasteiger partial charge in [-0.05, 0) is 23.8 Å². The maximum atomic E-state index is 12.9. The highest BCUT2D eigenvalue weighted by Crippen LogP contribution is 2.11. The van der Waals surface area contributed by atoms with Gasteiger partial charge in [0.15, 0.2) is 0 Å². The molecule has 0 spiro atoms. The van der Waals surface area contributed by atoms with Crippen LogP contribution in [0, 0.1) is 5.82 Å². The molecule has 1 atom stereocenters. The molecule has 116 valence electrons. The number of aromatic nitrogens is 1. The SMILES string of the molecule is COC(=O)[C@@H](Cc1ccc(F)cc1)NC(=O)c1cc(Cl)c[nH]1. The zero-order valence-corrected chi connectivity index (χ0v) is 12.5. The predicted octanol–water partition coefficient (Wildman–Crippen LogP) is 2.32. The first-order valence-electron chi connectivity index (χ1n) is 6.46. The third-order valence-corrected chi connectivity index (χ3v) is 3.25. The van der Waals surface area contributed by atoms with Crippen LogP contribution < -0.4 is 5.32 Å². The molecule has 5 nitrogen and oxygen atoms in total. The van der Waals surface area contributed by atoms with Crippen molar-refractivity contribution in [2.75, 3.05) is 7.11 Å². The van der Waals surface area contributed by atoms with Gasteiger partial charge in [0.2, 0.25) is 0 Å². The fraction of sp³-hybridized carbons (Fsp3) is 0.200. The molecule has 1 aromatic carbocycles. The normalized spacial score (nSPS) is 11.8. The number of carbonyl (C=O) groups excluding carboxylic acids is 2. The van der Waals surface area contributed by atoms with E-state index in [1.54, 1.807) is 12.1 Å². The molecule has 0 aliphatic carbocycles. The molecule has 1 amide bonds. The predicted molar refractivity (Wildman–Crippen MR) is 79.2 cm³/mol. The van der Waals surface area contributed by atoms with Gasteiger partial charge in [-0.3, -0.25) is 4.79 Å². The number of benzene rings is 1. The molecular formula is C15H14ClFN2O3. The van der Waals surface area contributed by atoms with Gasteiger partial charge >= 0.3 is 5.97 Å². The smallest absolute Gasteiger partial charge is 0.328 e. The van der Waals surface area contributed by atoms with Gasteiger partial charge in [0.25, 0.3) is 5.91 Å². The van der Waals surface area contributed by atoms with Gasteiger partial charge in [-0.25, -0.2) is 9.18 Å². The van der Waals surface area contributed by atoms with Crippen LogP contribution in [0.1, 0.15) is 16.1 Å². The molecule has 1 heterocycles. The Morgan fingerprint density at radius 1 is 1.36 bits per heavy atom. The Labute approximate surface area is 131 Å². The number of nitrogens with one attached hydrogen (secondary N) is 2. The average Bonchev–Trinajstić information content (AvgIpc) is 2.94. The summed E-state index contributed by atoms with van der Waals surface area (Å²) in [7, 11) is 1.23. The number of amides is 1. The molecule has 0 saturated heterocycles. The molecule has 0 fully saturated rings. The number of hydrogen-bond donors (Lipinski definition) is 2. The zero-order valence-electron chi connectivity index (χ0n) is 11.7. The van der Waals surface area contributed by atoms with Crippen LogP contribution in [0.4, 0.5) is 4.39 Å². The van der Waals surface area contributed by atoms with Crippen LogP contribution in [0.3, 0.4) is 0 Å². The number of esters is 1. The Hall–Kier alpha value is -2.34. The van der Waals surface area contributed by atoms with Crippen molar-refractivity contribution < 1.29 is 18.7 Å². The standard InChI is InChI=1S/C15H14ClFN2O3/c1-22-15(21)13(6-9-2-4-11(17)5-3-9)19-14(20)12-7-10(16)8-18-12/h2-5,7-8,13,18H,6H2,1H3,(H,19,20)/t13-/m1/s1. The number of halogens is 2. The Morgan fingerprint density at radius 3 is 2.59 bits per heavy atom. The molecule has 0 unspecified atom stereocenters. The summed E-state index contributed by atoms with van der Waals surface area (Å²) in [6, 6.07) is 6.23.